The third-order valence-electron chi connectivity index (χ3n) is 4.29. The third-order valence-corrected chi connectivity index (χ3v) is 4.29. The zero-order valence-electron chi connectivity index (χ0n) is 16.5. The Hall–Kier alpha value is -4.16. The van der Waals surface area contributed by atoms with E-state index in [0.29, 0.717) is 22.9 Å². The summed E-state index contributed by atoms with van der Waals surface area (Å²) in [6, 6.07) is 17.2. The van der Waals surface area contributed by atoms with Crippen molar-refractivity contribution in [2.24, 2.45) is 0 Å². The molecule has 0 aliphatic rings. The lowest BCUT2D eigenvalue weighted by molar-refractivity contribution is 1.16. The van der Waals surface area contributed by atoms with Crippen molar-refractivity contribution < 1.29 is 0 Å². The smallest absolute Gasteiger partial charge is 0.229 e. The van der Waals surface area contributed by atoms with Crippen molar-refractivity contribution in [3.8, 4) is 12.1 Å². The Kier molecular flexibility index (Phi) is 5.87. The van der Waals surface area contributed by atoms with Crippen LogP contribution in [0.2, 0.25) is 0 Å². The Bertz CT molecular complexity index is 1120. The van der Waals surface area contributed by atoms with Gasteiger partial charge in [0.25, 0.3) is 0 Å². The van der Waals surface area contributed by atoms with Gasteiger partial charge < -0.3 is 10.6 Å². The molecule has 6 heteroatoms. The van der Waals surface area contributed by atoms with Gasteiger partial charge in [-0.15, -0.1) is 0 Å². The van der Waals surface area contributed by atoms with Crippen LogP contribution in [0.4, 0.5) is 23.1 Å². The van der Waals surface area contributed by atoms with Crippen molar-refractivity contribution >= 4 is 29.2 Å². The van der Waals surface area contributed by atoms with Gasteiger partial charge in [-0.25, -0.2) is 4.98 Å². The summed E-state index contributed by atoms with van der Waals surface area (Å²) in [5, 5.41) is 24.4. The fourth-order valence-electron chi connectivity index (χ4n) is 2.93. The molecule has 29 heavy (non-hydrogen) atoms. The second-order valence-electron chi connectivity index (χ2n) is 6.67. The maximum Gasteiger partial charge on any atom is 0.229 e. The molecule has 2 aromatic carbocycles. The maximum atomic E-state index is 8.98. The Morgan fingerprint density at radius 2 is 1.69 bits per heavy atom. The molecule has 0 amide bonds. The van der Waals surface area contributed by atoms with E-state index in [4.69, 9.17) is 10.5 Å². The first-order chi connectivity index (χ1) is 14.0. The van der Waals surface area contributed by atoms with Crippen LogP contribution in [-0.4, -0.2) is 9.97 Å². The van der Waals surface area contributed by atoms with Crippen molar-refractivity contribution in [2.75, 3.05) is 10.6 Å². The summed E-state index contributed by atoms with van der Waals surface area (Å²) < 4.78 is 0. The Labute approximate surface area is 170 Å². The summed E-state index contributed by atoms with van der Waals surface area (Å²) in [5.41, 5.74) is 6.15. The van der Waals surface area contributed by atoms with E-state index in [2.05, 4.69) is 32.7 Å². The highest BCUT2D eigenvalue weighted by Crippen LogP contribution is 2.27. The minimum Gasteiger partial charge on any atom is -0.340 e. The number of nitriles is 2. The Morgan fingerprint density at radius 1 is 1.00 bits per heavy atom. The molecule has 0 aliphatic heterocycles. The topological polar surface area (TPSA) is 97.4 Å². The molecule has 0 radical (unpaired) electrons. The fraction of sp³-hybridized carbons (Fsp3) is 0.130. The first-order valence-electron chi connectivity index (χ1n) is 9.05. The molecule has 6 nitrogen and oxygen atoms in total. The number of hydrogen-bond acceptors (Lipinski definition) is 6. The minimum atomic E-state index is 0.458. The van der Waals surface area contributed by atoms with Crippen LogP contribution in [0.3, 0.4) is 0 Å². The van der Waals surface area contributed by atoms with Gasteiger partial charge >= 0.3 is 0 Å². The molecule has 0 aliphatic carbocycles. The highest BCUT2D eigenvalue weighted by molar-refractivity contribution is 5.70. The fourth-order valence-corrected chi connectivity index (χ4v) is 2.93. The van der Waals surface area contributed by atoms with E-state index >= 15 is 0 Å². The van der Waals surface area contributed by atoms with Crippen LogP contribution in [0.1, 0.15) is 29.2 Å². The van der Waals surface area contributed by atoms with Crippen LogP contribution >= 0.6 is 0 Å². The quantitative estimate of drug-likeness (QED) is 0.577. The first kappa shape index (κ1) is 19.6. The van der Waals surface area contributed by atoms with Crippen LogP contribution in [0.15, 0.2) is 54.2 Å². The molecule has 3 aromatic rings. The van der Waals surface area contributed by atoms with Gasteiger partial charge in [0.05, 0.1) is 17.7 Å². The number of nitrogens with zero attached hydrogens (tertiary/aromatic N) is 4. The number of benzene rings is 2. The molecule has 0 bridgehead atoms. The van der Waals surface area contributed by atoms with Crippen LogP contribution in [-0.2, 0) is 0 Å². The predicted octanol–water partition coefficient (Wildman–Crippen LogP) is 5.38. The Balaban J connectivity index is 1.81. The predicted molar refractivity (Wildman–Crippen MR) is 115 cm³/mol. The largest absolute Gasteiger partial charge is 0.340 e. The van der Waals surface area contributed by atoms with Gasteiger partial charge in [-0.3, -0.25) is 0 Å². The molecule has 0 saturated carbocycles. The molecular weight excluding hydrogens is 360 g/mol. The van der Waals surface area contributed by atoms with Gasteiger partial charge in [0, 0.05) is 23.1 Å². The van der Waals surface area contributed by atoms with E-state index in [1.807, 2.05) is 44.2 Å². The standard InChI is InChI=1S/C23H20N6/c1-15(13-24)10-19-11-16(2)22(17(3)12-19)28-21-8-9-26-23(29-21)27-20-6-4-18(14-25)5-7-20/h4-12H,1-3H3,(H2,26,27,28,29)/b15-10+. The zero-order chi connectivity index (χ0) is 20.8. The van der Waals surface area contributed by atoms with Crippen LogP contribution < -0.4 is 10.6 Å². The van der Waals surface area contributed by atoms with Crippen molar-refractivity contribution in [1.82, 2.24) is 9.97 Å². The Morgan fingerprint density at radius 3 is 2.31 bits per heavy atom. The monoisotopic (exact) mass is 380 g/mol. The number of allylic oxidation sites excluding steroid dienone is 1. The number of anilines is 4. The second-order valence-corrected chi connectivity index (χ2v) is 6.67. The summed E-state index contributed by atoms with van der Waals surface area (Å²) in [7, 11) is 0. The summed E-state index contributed by atoms with van der Waals surface area (Å²) in [6.45, 7) is 5.83. The molecule has 0 spiro atoms. The number of aryl methyl sites for hydroxylation is 2. The van der Waals surface area contributed by atoms with Crippen molar-refractivity contribution in [3.05, 3.63) is 76.5 Å². The number of rotatable bonds is 5. The minimum absolute atomic E-state index is 0.458. The van der Waals surface area contributed by atoms with Crippen molar-refractivity contribution in [1.29, 1.82) is 10.5 Å². The average Bonchev–Trinajstić information content (AvgIpc) is 2.71. The molecule has 3 rings (SSSR count). The number of aromatic nitrogens is 2. The maximum absolute atomic E-state index is 8.98. The van der Waals surface area contributed by atoms with Gasteiger partial charge in [-0.2, -0.15) is 15.5 Å². The van der Waals surface area contributed by atoms with Gasteiger partial charge in [0.1, 0.15) is 5.82 Å². The zero-order valence-corrected chi connectivity index (χ0v) is 16.5. The number of hydrogen-bond donors (Lipinski definition) is 2. The lowest BCUT2D eigenvalue weighted by Gasteiger charge is -2.14. The number of nitrogens with one attached hydrogen (secondary N) is 2. The lowest BCUT2D eigenvalue weighted by atomic mass is 10.0. The molecule has 1 aromatic heterocycles. The van der Waals surface area contributed by atoms with E-state index in [1.54, 1.807) is 31.3 Å². The first-order valence-corrected chi connectivity index (χ1v) is 9.05. The summed E-state index contributed by atoms with van der Waals surface area (Å²) in [6.07, 6.45) is 3.55. The highest BCUT2D eigenvalue weighted by atomic mass is 15.1. The SMILES string of the molecule is C/C(C#N)=C\c1cc(C)c(Nc2ccnc(Nc3ccc(C#N)cc3)n2)c(C)c1. The third kappa shape index (κ3) is 4.97. The average molecular weight is 380 g/mol. The molecule has 1 heterocycles. The van der Waals surface area contributed by atoms with Gasteiger partial charge in [0.15, 0.2) is 0 Å². The van der Waals surface area contributed by atoms with Gasteiger partial charge in [-0.05, 0) is 86.0 Å². The molecule has 0 saturated heterocycles. The van der Waals surface area contributed by atoms with Crippen molar-refractivity contribution in [3.63, 3.8) is 0 Å². The van der Waals surface area contributed by atoms with Crippen LogP contribution in [0.5, 0.6) is 0 Å². The van der Waals surface area contributed by atoms with E-state index in [9.17, 15) is 0 Å². The van der Waals surface area contributed by atoms with E-state index < -0.39 is 0 Å². The molecular formula is C23H20N6. The highest BCUT2D eigenvalue weighted by Gasteiger charge is 2.07. The summed E-state index contributed by atoms with van der Waals surface area (Å²) >= 11 is 0. The van der Waals surface area contributed by atoms with Crippen molar-refractivity contribution in [2.45, 2.75) is 20.8 Å². The van der Waals surface area contributed by atoms with E-state index in [1.165, 1.54) is 0 Å². The van der Waals surface area contributed by atoms with E-state index in [-0.39, 0.29) is 0 Å². The van der Waals surface area contributed by atoms with Crippen LogP contribution in [0.25, 0.3) is 6.08 Å². The summed E-state index contributed by atoms with van der Waals surface area (Å²) in [4.78, 5) is 8.77. The molecule has 0 atom stereocenters. The molecule has 0 unspecified atom stereocenters. The normalized spacial score (nSPS) is 10.7. The second kappa shape index (κ2) is 8.69. The van der Waals surface area contributed by atoms with E-state index in [0.717, 1.165) is 28.1 Å². The molecule has 2 N–H and O–H groups in total. The molecule has 142 valence electrons. The lowest BCUT2D eigenvalue weighted by Crippen LogP contribution is -2.02. The summed E-state index contributed by atoms with van der Waals surface area (Å²) in [5.74, 6) is 1.12. The van der Waals surface area contributed by atoms with Gasteiger partial charge in [-0.1, -0.05) is 0 Å². The van der Waals surface area contributed by atoms with Gasteiger partial charge in [0.2, 0.25) is 5.95 Å². The van der Waals surface area contributed by atoms with Crippen LogP contribution in [0, 0.1) is 36.5 Å². The molecule has 0 fully saturated rings.